The predicted octanol–water partition coefficient (Wildman–Crippen LogP) is 3.10. The van der Waals surface area contributed by atoms with Gasteiger partial charge in [-0.05, 0) is 37.1 Å². The molecule has 142 valence electrons. The maximum absolute atomic E-state index is 12.9. The van der Waals surface area contributed by atoms with E-state index < -0.39 is 17.6 Å². The molecule has 0 saturated carbocycles. The van der Waals surface area contributed by atoms with Gasteiger partial charge in [0, 0.05) is 30.4 Å². The second-order valence-electron chi connectivity index (χ2n) is 6.50. The second kappa shape index (κ2) is 7.38. The highest BCUT2D eigenvalue weighted by Crippen LogP contribution is 2.31. The fourth-order valence-corrected chi connectivity index (χ4v) is 3.15. The first-order valence-electron chi connectivity index (χ1n) is 8.48. The van der Waals surface area contributed by atoms with Gasteiger partial charge in [-0.15, -0.1) is 0 Å². The number of pyridine rings is 1. The fraction of sp³-hybridized carbons (Fsp3) is 0.316. The molecule has 1 aliphatic heterocycles. The van der Waals surface area contributed by atoms with Crippen LogP contribution in [0.25, 0.3) is 11.3 Å². The van der Waals surface area contributed by atoms with E-state index in [2.05, 4.69) is 4.98 Å². The van der Waals surface area contributed by atoms with Crippen LogP contribution in [0.2, 0.25) is 0 Å². The molecule has 2 N–H and O–H groups in total. The number of nitrogens with two attached hydrogens (primary N) is 1. The average molecular weight is 377 g/mol. The Bertz CT molecular complexity index is 867. The van der Waals surface area contributed by atoms with Crippen LogP contribution in [0.3, 0.4) is 0 Å². The number of benzene rings is 1. The molecule has 0 spiro atoms. The molecule has 8 heteroatoms. The van der Waals surface area contributed by atoms with E-state index in [9.17, 15) is 22.8 Å². The lowest BCUT2D eigenvalue weighted by Crippen LogP contribution is -2.44. The third-order valence-corrected chi connectivity index (χ3v) is 4.60. The predicted molar refractivity (Wildman–Crippen MR) is 92.5 cm³/mol. The number of aromatic nitrogens is 1. The Hall–Kier alpha value is -2.90. The summed E-state index contributed by atoms with van der Waals surface area (Å²) in [6, 6.07) is 8.15. The summed E-state index contributed by atoms with van der Waals surface area (Å²) in [7, 11) is 0. The zero-order valence-electron chi connectivity index (χ0n) is 14.4. The Balaban J connectivity index is 1.86. The third kappa shape index (κ3) is 4.27. The lowest BCUT2D eigenvalue weighted by Gasteiger charge is -2.31. The van der Waals surface area contributed by atoms with Crippen molar-refractivity contribution in [3.63, 3.8) is 0 Å². The molecular formula is C19H18F3N3O2. The van der Waals surface area contributed by atoms with Crippen LogP contribution in [0, 0.1) is 5.92 Å². The van der Waals surface area contributed by atoms with Gasteiger partial charge in [-0.2, -0.15) is 13.2 Å². The topological polar surface area (TPSA) is 76.3 Å². The van der Waals surface area contributed by atoms with E-state index in [4.69, 9.17) is 5.73 Å². The highest BCUT2D eigenvalue weighted by atomic mass is 19.4. The first-order chi connectivity index (χ1) is 12.8. The minimum atomic E-state index is -4.47. The van der Waals surface area contributed by atoms with Crippen molar-refractivity contribution in [3.05, 3.63) is 53.7 Å². The molecule has 1 aromatic carbocycles. The summed E-state index contributed by atoms with van der Waals surface area (Å²) < 4.78 is 38.7. The summed E-state index contributed by atoms with van der Waals surface area (Å²) in [6.45, 7) is 0.759. The monoisotopic (exact) mass is 377 g/mol. The quantitative estimate of drug-likeness (QED) is 0.893. The van der Waals surface area contributed by atoms with E-state index in [1.165, 1.54) is 6.07 Å². The molecule has 2 heterocycles. The maximum Gasteiger partial charge on any atom is 0.416 e. The zero-order chi connectivity index (χ0) is 19.6. The summed E-state index contributed by atoms with van der Waals surface area (Å²) in [5.41, 5.74) is 5.41. The lowest BCUT2D eigenvalue weighted by atomic mass is 9.96. The van der Waals surface area contributed by atoms with E-state index in [1.54, 1.807) is 23.1 Å². The van der Waals surface area contributed by atoms with Crippen LogP contribution in [-0.2, 0) is 11.0 Å². The van der Waals surface area contributed by atoms with Gasteiger partial charge in [0.05, 0.1) is 17.2 Å². The number of carbonyl (C=O) groups is 2. The molecule has 1 aromatic heterocycles. The highest BCUT2D eigenvalue weighted by Gasteiger charge is 2.31. The zero-order valence-corrected chi connectivity index (χ0v) is 14.4. The van der Waals surface area contributed by atoms with Crippen LogP contribution in [0.5, 0.6) is 0 Å². The second-order valence-corrected chi connectivity index (χ2v) is 6.50. The Morgan fingerprint density at radius 3 is 2.67 bits per heavy atom. The molecule has 0 aliphatic carbocycles. The third-order valence-electron chi connectivity index (χ3n) is 4.60. The van der Waals surface area contributed by atoms with Gasteiger partial charge in [-0.3, -0.25) is 14.6 Å². The molecule has 2 amide bonds. The van der Waals surface area contributed by atoms with Gasteiger partial charge >= 0.3 is 6.18 Å². The number of primary amides is 1. The molecule has 0 radical (unpaired) electrons. The largest absolute Gasteiger partial charge is 0.416 e. The number of carbonyl (C=O) groups excluding carboxylic acids is 2. The Morgan fingerprint density at radius 1 is 1.19 bits per heavy atom. The number of alkyl halides is 3. The number of hydrogen-bond acceptors (Lipinski definition) is 3. The van der Waals surface area contributed by atoms with Crippen LogP contribution >= 0.6 is 0 Å². The molecule has 1 atom stereocenters. The van der Waals surface area contributed by atoms with Crippen LogP contribution in [0.4, 0.5) is 13.2 Å². The number of hydrogen-bond donors (Lipinski definition) is 1. The van der Waals surface area contributed by atoms with E-state index in [0.29, 0.717) is 30.5 Å². The number of likely N-dealkylation sites (tertiary alicyclic amines) is 1. The lowest BCUT2D eigenvalue weighted by molar-refractivity contribution is -0.137. The van der Waals surface area contributed by atoms with Gasteiger partial charge < -0.3 is 10.6 Å². The molecule has 2 aromatic rings. The Labute approximate surface area is 154 Å². The van der Waals surface area contributed by atoms with Crippen molar-refractivity contribution in [1.29, 1.82) is 0 Å². The summed E-state index contributed by atoms with van der Waals surface area (Å²) in [5, 5.41) is 0. The fourth-order valence-electron chi connectivity index (χ4n) is 3.15. The van der Waals surface area contributed by atoms with Gasteiger partial charge in [0.2, 0.25) is 5.91 Å². The normalized spacial score (nSPS) is 17.6. The minimum absolute atomic E-state index is 0.133. The summed E-state index contributed by atoms with van der Waals surface area (Å²) in [5.74, 6) is -1.10. The van der Waals surface area contributed by atoms with Crippen molar-refractivity contribution >= 4 is 11.8 Å². The van der Waals surface area contributed by atoms with Gasteiger partial charge in [0.1, 0.15) is 0 Å². The number of rotatable bonds is 3. The first-order valence-corrected chi connectivity index (χ1v) is 8.48. The highest BCUT2D eigenvalue weighted by molar-refractivity contribution is 5.95. The van der Waals surface area contributed by atoms with Crippen molar-refractivity contribution in [2.24, 2.45) is 11.7 Å². The molecule has 1 aliphatic rings. The molecular weight excluding hydrogens is 359 g/mol. The minimum Gasteiger partial charge on any atom is -0.369 e. The van der Waals surface area contributed by atoms with Crippen LogP contribution in [0.15, 0.2) is 42.6 Å². The van der Waals surface area contributed by atoms with Crippen LogP contribution < -0.4 is 5.73 Å². The van der Waals surface area contributed by atoms with E-state index in [0.717, 1.165) is 18.3 Å². The van der Waals surface area contributed by atoms with Crippen molar-refractivity contribution < 1.29 is 22.8 Å². The standard InChI is InChI=1S/C19H18F3N3O2/c20-19(21,22)15-6-7-24-16(10-15)12-3-1-4-13(9-12)18(27)25-8-2-5-14(11-25)17(23)26/h1,3-4,6-7,9-10,14H,2,5,8,11H2,(H2,23,26). The number of amides is 2. The van der Waals surface area contributed by atoms with Crippen LogP contribution in [-0.4, -0.2) is 34.8 Å². The number of piperidine rings is 1. The van der Waals surface area contributed by atoms with Crippen molar-refractivity contribution in [2.45, 2.75) is 19.0 Å². The SMILES string of the molecule is NC(=O)C1CCCN(C(=O)c2cccc(-c3cc(C(F)(F)F)ccn3)c2)C1. The van der Waals surface area contributed by atoms with Crippen molar-refractivity contribution in [2.75, 3.05) is 13.1 Å². The molecule has 0 bridgehead atoms. The van der Waals surface area contributed by atoms with Gasteiger partial charge in [-0.1, -0.05) is 12.1 Å². The van der Waals surface area contributed by atoms with Crippen molar-refractivity contribution in [3.8, 4) is 11.3 Å². The maximum atomic E-state index is 12.9. The first kappa shape index (κ1) is 18.9. The average Bonchev–Trinajstić information content (AvgIpc) is 2.67. The molecule has 1 saturated heterocycles. The summed E-state index contributed by atoms with van der Waals surface area (Å²) in [4.78, 5) is 29.7. The number of halogens is 3. The molecule has 27 heavy (non-hydrogen) atoms. The van der Waals surface area contributed by atoms with Gasteiger partial charge in [0.25, 0.3) is 5.91 Å². The summed E-state index contributed by atoms with van der Waals surface area (Å²) in [6.07, 6.45) is -2.06. The van der Waals surface area contributed by atoms with E-state index >= 15 is 0 Å². The van der Waals surface area contributed by atoms with Gasteiger partial charge in [-0.25, -0.2) is 0 Å². The summed E-state index contributed by atoms with van der Waals surface area (Å²) >= 11 is 0. The smallest absolute Gasteiger partial charge is 0.369 e. The molecule has 5 nitrogen and oxygen atoms in total. The Kier molecular flexibility index (Phi) is 5.16. The Morgan fingerprint density at radius 2 is 1.96 bits per heavy atom. The van der Waals surface area contributed by atoms with E-state index in [1.807, 2.05) is 0 Å². The molecule has 3 rings (SSSR count). The van der Waals surface area contributed by atoms with E-state index in [-0.39, 0.29) is 24.1 Å². The molecule has 1 fully saturated rings. The number of nitrogens with zero attached hydrogens (tertiary/aromatic N) is 2. The van der Waals surface area contributed by atoms with Crippen LogP contribution in [0.1, 0.15) is 28.8 Å². The van der Waals surface area contributed by atoms with Gasteiger partial charge in [0.15, 0.2) is 0 Å². The van der Waals surface area contributed by atoms with Crippen molar-refractivity contribution in [1.82, 2.24) is 9.88 Å². The molecule has 1 unspecified atom stereocenters.